The fourth-order valence-electron chi connectivity index (χ4n) is 3.18. The van der Waals surface area contributed by atoms with Crippen LogP contribution in [0.2, 0.25) is 0 Å². The van der Waals surface area contributed by atoms with Crippen molar-refractivity contribution in [3.05, 3.63) is 40.9 Å². The zero-order chi connectivity index (χ0) is 20.0. The number of amides is 1. The summed E-state index contributed by atoms with van der Waals surface area (Å²) < 4.78 is 26.3. The average molecular weight is 423 g/mol. The lowest BCUT2D eigenvalue weighted by atomic mass is 10.1. The Bertz CT molecular complexity index is 905. The number of nitrogens with one attached hydrogen (secondary N) is 2. The van der Waals surface area contributed by atoms with E-state index in [4.69, 9.17) is 0 Å². The Morgan fingerprint density at radius 2 is 2.04 bits per heavy atom. The molecule has 1 aromatic carbocycles. The predicted molar refractivity (Wildman–Crippen MR) is 113 cm³/mol. The van der Waals surface area contributed by atoms with Gasteiger partial charge in [0.1, 0.15) is 0 Å². The molecule has 2 aromatic rings. The summed E-state index contributed by atoms with van der Waals surface area (Å²) in [5, 5.41) is 5.33. The first-order chi connectivity index (χ1) is 13.4. The molecule has 1 aliphatic heterocycles. The van der Waals surface area contributed by atoms with Crippen LogP contribution in [-0.4, -0.2) is 43.1 Å². The Hall–Kier alpha value is -1.97. The summed E-state index contributed by atoms with van der Waals surface area (Å²) in [5.74, 6) is -0.266. The summed E-state index contributed by atoms with van der Waals surface area (Å²) in [6, 6.07) is 6.46. The third-order valence-corrected chi connectivity index (χ3v) is 6.78. The minimum Gasteiger partial charge on any atom is -0.298 e. The van der Waals surface area contributed by atoms with E-state index in [0.717, 1.165) is 25.3 Å². The van der Waals surface area contributed by atoms with Gasteiger partial charge in [-0.3, -0.25) is 19.7 Å². The van der Waals surface area contributed by atoms with Gasteiger partial charge in [0.15, 0.2) is 5.13 Å². The van der Waals surface area contributed by atoms with Crippen molar-refractivity contribution in [3.63, 3.8) is 0 Å². The Morgan fingerprint density at radius 1 is 1.25 bits per heavy atom. The van der Waals surface area contributed by atoms with Gasteiger partial charge in [-0.15, -0.1) is 11.3 Å². The van der Waals surface area contributed by atoms with E-state index in [0.29, 0.717) is 22.8 Å². The van der Waals surface area contributed by atoms with Crippen LogP contribution in [0.1, 0.15) is 48.7 Å². The van der Waals surface area contributed by atoms with Crippen LogP contribution in [0.25, 0.3) is 0 Å². The predicted octanol–water partition coefficient (Wildman–Crippen LogP) is 3.53. The first-order valence-electron chi connectivity index (χ1n) is 9.54. The molecule has 0 spiro atoms. The second kappa shape index (κ2) is 9.49. The van der Waals surface area contributed by atoms with Crippen molar-refractivity contribution >= 4 is 38.1 Å². The van der Waals surface area contributed by atoms with Crippen molar-refractivity contribution in [2.75, 3.05) is 28.9 Å². The maximum absolute atomic E-state index is 12.5. The van der Waals surface area contributed by atoms with Gasteiger partial charge in [-0.25, -0.2) is 13.4 Å². The highest BCUT2D eigenvalue weighted by atomic mass is 32.2. The zero-order valence-electron chi connectivity index (χ0n) is 16.0. The van der Waals surface area contributed by atoms with Crippen molar-refractivity contribution in [2.45, 2.75) is 39.2 Å². The number of carbonyl (C=O) groups is 1. The van der Waals surface area contributed by atoms with Crippen molar-refractivity contribution in [1.29, 1.82) is 0 Å². The van der Waals surface area contributed by atoms with E-state index >= 15 is 0 Å². The van der Waals surface area contributed by atoms with E-state index in [9.17, 15) is 13.2 Å². The van der Waals surface area contributed by atoms with Crippen LogP contribution in [0.15, 0.2) is 29.6 Å². The number of anilines is 2. The van der Waals surface area contributed by atoms with E-state index in [1.165, 1.54) is 36.7 Å². The second-order valence-corrected chi connectivity index (χ2v) is 9.64. The monoisotopic (exact) mass is 422 g/mol. The Balaban J connectivity index is 1.61. The van der Waals surface area contributed by atoms with Crippen molar-refractivity contribution in [1.82, 2.24) is 9.88 Å². The molecule has 152 valence electrons. The molecule has 1 amide bonds. The average Bonchev–Trinajstić information content (AvgIpc) is 3.09. The molecular formula is C19H26N4O3S2. The summed E-state index contributed by atoms with van der Waals surface area (Å²) in [6.07, 6.45) is 4.28. The largest absolute Gasteiger partial charge is 0.298 e. The van der Waals surface area contributed by atoms with E-state index in [1.54, 1.807) is 25.1 Å². The number of piperidine rings is 1. The minimum atomic E-state index is -3.39. The fourth-order valence-corrected chi connectivity index (χ4v) is 5.00. The number of likely N-dealkylation sites (tertiary alicyclic amines) is 1. The van der Waals surface area contributed by atoms with Crippen molar-refractivity contribution in [3.8, 4) is 0 Å². The summed E-state index contributed by atoms with van der Waals surface area (Å²) in [5.41, 5.74) is 1.72. The van der Waals surface area contributed by atoms with Crippen LogP contribution in [0.3, 0.4) is 0 Å². The molecule has 28 heavy (non-hydrogen) atoms. The number of hydrogen-bond donors (Lipinski definition) is 2. The first-order valence-corrected chi connectivity index (χ1v) is 12.1. The summed E-state index contributed by atoms with van der Waals surface area (Å²) in [4.78, 5) is 19.4. The van der Waals surface area contributed by atoms with E-state index in [2.05, 4.69) is 19.9 Å². The standard InChI is InChI=1S/C19H26N4O3S2/c1-2-11-28(25,26)22-16-8-6-7-15(12-16)18(24)21-19-20-17(14-27-19)13-23-9-4-3-5-10-23/h6-8,12,14,22H,2-5,9-11,13H2,1H3,(H,20,21,24). The first kappa shape index (κ1) is 20.8. The highest BCUT2D eigenvalue weighted by molar-refractivity contribution is 7.92. The molecule has 0 atom stereocenters. The molecule has 1 saturated heterocycles. The molecule has 1 aromatic heterocycles. The molecule has 1 aliphatic rings. The number of nitrogens with zero attached hydrogens (tertiary/aromatic N) is 2. The number of sulfonamides is 1. The lowest BCUT2D eigenvalue weighted by Crippen LogP contribution is -2.29. The van der Waals surface area contributed by atoms with Gasteiger partial charge in [0.25, 0.3) is 5.91 Å². The number of aromatic nitrogens is 1. The van der Waals surface area contributed by atoms with Gasteiger partial charge in [0, 0.05) is 23.2 Å². The van der Waals surface area contributed by atoms with Crippen LogP contribution in [0, 0.1) is 0 Å². The van der Waals surface area contributed by atoms with Gasteiger partial charge in [0.05, 0.1) is 11.4 Å². The molecular weight excluding hydrogens is 396 g/mol. The molecule has 1 fully saturated rings. The van der Waals surface area contributed by atoms with Crippen LogP contribution in [-0.2, 0) is 16.6 Å². The number of rotatable bonds is 8. The van der Waals surface area contributed by atoms with Gasteiger partial charge in [0.2, 0.25) is 10.0 Å². The third kappa shape index (κ3) is 6.02. The molecule has 3 rings (SSSR count). The summed E-state index contributed by atoms with van der Waals surface area (Å²) in [7, 11) is -3.39. The highest BCUT2D eigenvalue weighted by Gasteiger charge is 2.15. The lowest BCUT2D eigenvalue weighted by Gasteiger charge is -2.25. The Labute approximate surface area is 170 Å². The summed E-state index contributed by atoms with van der Waals surface area (Å²) >= 11 is 1.40. The molecule has 0 aliphatic carbocycles. The smallest absolute Gasteiger partial charge is 0.257 e. The molecule has 0 saturated carbocycles. The Kier molecular flexibility index (Phi) is 7.03. The molecule has 0 unspecified atom stereocenters. The van der Waals surface area contributed by atoms with Crippen molar-refractivity contribution < 1.29 is 13.2 Å². The van der Waals surface area contributed by atoms with Crippen LogP contribution < -0.4 is 10.0 Å². The molecule has 2 heterocycles. The number of carbonyl (C=O) groups excluding carboxylic acids is 1. The van der Waals surface area contributed by atoms with E-state index in [1.807, 2.05) is 5.38 Å². The highest BCUT2D eigenvalue weighted by Crippen LogP contribution is 2.20. The Morgan fingerprint density at radius 3 is 2.79 bits per heavy atom. The fraction of sp³-hybridized carbons (Fsp3) is 0.474. The molecule has 0 radical (unpaired) electrons. The summed E-state index contributed by atoms with van der Waals surface area (Å²) in [6.45, 7) is 4.80. The maximum Gasteiger partial charge on any atom is 0.257 e. The number of hydrogen-bond acceptors (Lipinski definition) is 6. The topological polar surface area (TPSA) is 91.4 Å². The van der Waals surface area contributed by atoms with Crippen LogP contribution >= 0.6 is 11.3 Å². The SMILES string of the molecule is CCCS(=O)(=O)Nc1cccc(C(=O)Nc2nc(CN3CCCCC3)cs2)c1. The maximum atomic E-state index is 12.5. The van der Waals surface area contributed by atoms with Gasteiger partial charge < -0.3 is 0 Å². The molecule has 0 bridgehead atoms. The third-order valence-electron chi connectivity index (χ3n) is 4.48. The normalized spacial score (nSPS) is 15.3. The number of thiazole rings is 1. The second-order valence-electron chi connectivity index (χ2n) is 6.94. The van der Waals surface area contributed by atoms with Gasteiger partial charge >= 0.3 is 0 Å². The van der Waals surface area contributed by atoms with E-state index < -0.39 is 10.0 Å². The van der Waals surface area contributed by atoms with Crippen molar-refractivity contribution in [2.24, 2.45) is 0 Å². The van der Waals surface area contributed by atoms with Gasteiger partial charge in [-0.05, 0) is 50.6 Å². The lowest BCUT2D eigenvalue weighted by molar-refractivity contribution is 0.102. The molecule has 2 N–H and O–H groups in total. The van der Waals surface area contributed by atoms with Gasteiger partial charge in [-0.1, -0.05) is 19.4 Å². The van der Waals surface area contributed by atoms with Crippen LogP contribution in [0.4, 0.5) is 10.8 Å². The minimum absolute atomic E-state index is 0.0440. The molecule has 7 nitrogen and oxygen atoms in total. The van der Waals surface area contributed by atoms with Gasteiger partial charge in [-0.2, -0.15) is 0 Å². The van der Waals surface area contributed by atoms with Crippen LogP contribution in [0.5, 0.6) is 0 Å². The quantitative estimate of drug-likeness (QED) is 0.679. The zero-order valence-corrected chi connectivity index (χ0v) is 17.6. The number of benzene rings is 1. The molecule has 9 heteroatoms. The van der Waals surface area contributed by atoms with E-state index in [-0.39, 0.29) is 11.7 Å².